The highest BCUT2D eigenvalue weighted by atomic mass is 35.5. The fraction of sp³-hybridized carbons (Fsp3) is 0.526. The Morgan fingerprint density at radius 1 is 1.24 bits per heavy atom. The standard InChI is InChI=1S/C19H28ClN5O6S.ClH/c1-11(2)7-15(21)18(27)22-9-17(26)23-13-8-16(19(28)24-29)25(10-13)32(30,31)14-5-3-12(20)4-6-14;/h3-6,11,13,15-16,29H,7-10,21H2,1-2H3,(H,22,27)(H,23,26)(H,24,28);1H/t13-,15-,16-;/m0./s1. The molecular formula is C19H29Cl2N5O6S. The minimum Gasteiger partial charge on any atom is -0.350 e. The fourth-order valence-corrected chi connectivity index (χ4v) is 5.19. The smallest absolute Gasteiger partial charge is 0.261 e. The third kappa shape index (κ3) is 7.80. The first kappa shape index (κ1) is 29.1. The van der Waals surface area contributed by atoms with Gasteiger partial charge < -0.3 is 16.4 Å². The van der Waals surface area contributed by atoms with Gasteiger partial charge in [-0.05, 0) is 43.0 Å². The Morgan fingerprint density at radius 2 is 1.85 bits per heavy atom. The predicted octanol–water partition coefficient (Wildman–Crippen LogP) is 0.00460. The number of nitrogens with two attached hydrogens (primary N) is 1. The second-order valence-corrected chi connectivity index (χ2v) is 10.3. The van der Waals surface area contributed by atoms with E-state index in [0.29, 0.717) is 11.4 Å². The quantitative estimate of drug-likeness (QED) is 0.223. The van der Waals surface area contributed by atoms with Gasteiger partial charge in [-0.3, -0.25) is 19.6 Å². The normalized spacial score (nSPS) is 19.5. The Balaban J connectivity index is 0.00000544. The summed E-state index contributed by atoms with van der Waals surface area (Å²) < 4.78 is 27.0. The van der Waals surface area contributed by atoms with Gasteiger partial charge in [0.2, 0.25) is 21.8 Å². The molecule has 0 radical (unpaired) electrons. The summed E-state index contributed by atoms with van der Waals surface area (Å²) in [5, 5.41) is 14.4. The molecule has 33 heavy (non-hydrogen) atoms. The first-order valence-corrected chi connectivity index (χ1v) is 11.8. The molecule has 2 rings (SSSR count). The van der Waals surface area contributed by atoms with Crippen molar-refractivity contribution < 1.29 is 28.0 Å². The van der Waals surface area contributed by atoms with E-state index in [0.717, 1.165) is 4.31 Å². The summed E-state index contributed by atoms with van der Waals surface area (Å²) in [6, 6.07) is 2.70. The molecule has 14 heteroatoms. The molecule has 1 aromatic rings. The average Bonchev–Trinajstić information content (AvgIpc) is 3.15. The van der Waals surface area contributed by atoms with Gasteiger partial charge in [-0.1, -0.05) is 25.4 Å². The molecule has 3 atom stereocenters. The molecule has 0 aromatic heterocycles. The van der Waals surface area contributed by atoms with Crippen molar-refractivity contribution in [2.45, 2.75) is 49.7 Å². The van der Waals surface area contributed by atoms with E-state index >= 15 is 0 Å². The fourth-order valence-electron chi connectivity index (χ4n) is 3.42. The number of carbonyl (C=O) groups excluding carboxylic acids is 3. The third-order valence-electron chi connectivity index (χ3n) is 4.94. The van der Waals surface area contributed by atoms with E-state index in [1.807, 2.05) is 13.8 Å². The van der Waals surface area contributed by atoms with Crippen LogP contribution in [0.3, 0.4) is 0 Å². The number of carbonyl (C=O) groups is 3. The van der Waals surface area contributed by atoms with Crippen molar-refractivity contribution >= 4 is 51.8 Å². The van der Waals surface area contributed by atoms with E-state index in [1.54, 1.807) is 0 Å². The number of rotatable bonds is 9. The van der Waals surface area contributed by atoms with Crippen LogP contribution in [-0.2, 0) is 24.4 Å². The van der Waals surface area contributed by atoms with Crippen molar-refractivity contribution in [3.63, 3.8) is 0 Å². The summed E-state index contributed by atoms with van der Waals surface area (Å²) in [5.41, 5.74) is 7.23. The molecule has 1 aliphatic heterocycles. The number of amides is 3. The zero-order valence-corrected chi connectivity index (χ0v) is 20.5. The topological polar surface area (TPSA) is 171 Å². The van der Waals surface area contributed by atoms with Crippen molar-refractivity contribution in [1.82, 2.24) is 20.4 Å². The number of benzene rings is 1. The maximum absolute atomic E-state index is 13.0. The molecule has 0 aliphatic carbocycles. The van der Waals surface area contributed by atoms with Crippen molar-refractivity contribution in [2.75, 3.05) is 13.1 Å². The average molecular weight is 526 g/mol. The third-order valence-corrected chi connectivity index (χ3v) is 7.08. The second-order valence-electron chi connectivity index (χ2n) is 7.97. The lowest BCUT2D eigenvalue weighted by atomic mass is 10.0. The van der Waals surface area contributed by atoms with Crippen LogP contribution in [0.25, 0.3) is 0 Å². The van der Waals surface area contributed by atoms with E-state index in [1.165, 1.54) is 29.7 Å². The van der Waals surface area contributed by atoms with E-state index in [4.69, 9.17) is 22.5 Å². The second kappa shape index (κ2) is 12.5. The highest BCUT2D eigenvalue weighted by Gasteiger charge is 2.44. The van der Waals surface area contributed by atoms with Gasteiger partial charge in [0.05, 0.1) is 17.5 Å². The lowest BCUT2D eigenvalue weighted by Gasteiger charge is -2.22. The molecule has 3 amide bonds. The van der Waals surface area contributed by atoms with Crippen LogP contribution in [0.4, 0.5) is 0 Å². The van der Waals surface area contributed by atoms with Crippen LogP contribution in [0.2, 0.25) is 5.02 Å². The monoisotopic (exact) mass is 525 g/mol. The number of hydroxylamine groups is 1. The van der Waals surface area contributed by atoms with Gasteiger partial charge in [0.25, 0.3) is 5.91 Å². The summed E-state index contributed by atoms with van der Waals surface area (Å²) in [6.07, 6.45) is 0.400. The Kier molecular flexibility index (Phi) is 11.0. The molecule has 0 bridgehead atoms. The molecule has 0 saturated carbocycles. The van der Waals surface area contributed by atoms with Gasteiger partial charge in [0.15, 0.2) is 0 Å². The highest BCUT2D eigenvalue weighted by Crippen LogP contribution is 2.27. The van der Waals surface area contributed by atoms with Crippen LogP contribution in [-0.4, -0.2) is 66.9 Å². The molecule has 0 unspecified atom stereocenters. The van der Waals surface area contributed by atoms with Crippen molar-refractivity contribution in [1.29, 1.82) is 0 Å². The summed E-state index contributed by atoms with van der Waals surface area (Å²) in [4.78, 5) is 36.2. The van der Waals surface area contributed by atoms with Crippen LogP contribution < -0.4 is 21.8 Å². The van der Waals surface area contributed by atoms with E-state index in [-0.39, 0.29) is 42.7 Å². The van der Waals surface area contributed by atoms with Gasteiger partial charge in [0.1, 0.15) is 6.04 Å². The summed E-state index contributed by atoms with van der Waals surface area (Å²) in [5.74, 6) is -1.74. The number of nitrogens with zero attached hydrogens (tertiary/aromatic N) is 1. The summed E-state index contributed by atoms with van der Waals surface area (Å²) in [7, 11) is -4.11. The number of sulfonamides is 1. The van der Waals surface area contributed by atoms with Crippen LogP contribution in [0.5, 0.6) is 0 Å². The molecular weight excluding hydrogens is 497 g/mol. The van der Waals surface area contributed by atoms with Crippen LogP contribution in [0.1, 0.15) is 26.7 Å². The van der Waals surface area contributed by atoms with E-state index < -0.39 is 45.9 Å². The SMILES string of the molecule is CC(C)C[C@H](N)C(=O)NCC(=O)N[C@H]1C[C@@H](C(=O)NO)N(S(=O)(=O)c2ccc(Cl)cc2)C1.Cl. The molecule has 1 saturated heterocycles. The highest BCUT2D eigenvalue weighted by molar-refractivity contribution is 7.89. The Morgan fingerprint density at radius 3 is 2.39 bits per heavy atom. The lowest BCUT2D eigenvalue weighted by molar-refractivity contribution is -0.132. The maximum atomic E-state index is 13.0. The molecule has 1 aliphatic rings. The van der Waals surface area contributed by atoms with Gasteiger partial charge in [-0.25, -0.2) is 13.9 Å². The predicted molar refractivity (Wildman–Crippen MR) is 123 cm³/mol. The van der Waals surface area contributed by atoms with Gasteiger partial charge in [-0.15, -0.1) is 12.4 Å². The molecule has 6 N–H and O–H groups in total. The maximum Gasteiger partial charge on any atom is 0.261 e. The van der Waals surface area contributed by atoms with Crippen LogP contribution in [0.15, 0.2) is 29.2 Å². The Labute approximate surface area is 203 Å². The van der Waals surface area contributed by atoms with Crippen LogP contribution in [0, 0.1) is 5.92 Å². The van der Waals surface area contributed by atoms with E-state index in [2.05, 4.69) is 10.6 Å². The zero-order chi connectivity index (χ0) is 24.1. The molecule has 11 nitrogen and oxygen atoms in total. The van der Waals surface area contributed by atoms with Crippen molar-refractivity contribution in [3.8, 4) is 0 Å². The Hall–Kier alpha value is -1.96. The minimum atomic E-state index is -4.11. The number of hydrogen-bond donors (Lipinski definition) is 5. The van der Waals surface area contributed by atoms with Gasteiger partial charge in [0, 0.05) is 17.6 Å². The molecule has 186 valence electrons. The summed E-state index contributed by atoms with van der Waals surface area (Å²) in [6.45, 7) is 3.29. The first-order chi connectivity index (χ1) is 14.9. The lowest BCUT2D eigenvalue weighted by Crippen LogP contribution is -2.47. The van der Waals surface area contributed by atoms with Crippen molar-refractivity contribution in [2.24, 2.45) is 11.7 Å². The largest absolute Gasteiger partial charge is 0.350 e. The summed E-state index contributed by atoms with van der Waals surface area (Å²) >= 11 is 5.81. The first-order valence-electron chi connectivity index (χ1n) is 9.99. The molecule has 1 fully saturated rings. The molecule has 1 heterocycles. The van der Waals surface area contributed by atoms with Gasteiger partial charge >= 0.3 is 0 Å². The molecule has 0 spiro atoms. The van der Waals surface area contributed by atoms with Gasteiger partial charge in [-0.2, -0.15) is 4.31 Å². The molecule has 1 aromatic carbocycles. The Bertz CT molecular complexity index is 944. The number of nitrogens with one attached hydrogen (secondary N) is 3. The van der Waals surface area contributed by atoms with Crippen molar-refractivity contribution in [3.05, 3.63) is 29.3 Å². The van der Waals surface area contributed by atoms with E-state index in [9.17, 15) is 22.8 Å². The zero-order valence-electron chi connectivity index (χ0n) is 18.2. The number of hydrogen-bond acceptors (Lipinski definition) is 7. The minimum absolute atomic E-state index is 0. The van der Waals surface area contributed by atoms with Crippen LogP contribution >= 0.6 is 24.0 Å². The number of halogens is 2.